The standard InChI is InChI=1S/C26H22O2/c1-4-10-21(11-5-1)19-27-24-16-17-25(23-14-8-3-9-15-23)26(18-24)28-20-22-12-6-2-7-13-22/h1-18H,19-20H2. The van der Waals surface area contributed by atoms with Gasteiger partial charge in [0.2, 0.25) is 0 Å². The minimum absolute atomic E-state index is 0.517. The quantitative estimate of drug-likeness (QED) is 0.371. The molecule has 0 N–H and O–H groups in total. The van der Waals surface area contributed by atoms with Gasteiger partial charge in [-0.15, -0.1) is 0 Å². The fraction of sp³-hybridized carbons (Fsp3) is 0.0769. The van der Waals surface area contributed by atoms with E-state index in [4.69, 9.17) is 9.47 Å². The normalized spacial score (nSPS) is 10.4. The average Bonchev–Trinajstić information content (AvgIpc) is 2.78. The molecule has 0 atom stereocenters. The van der Waals surface area contributed by atoms with Gasteiger partial charge in [-0.05, 0) is 28.8 Å². The fourth-order valence-electron chi connectivity index (χ4n) is 3.04. The molecule has 2 heteroatoms. The van der Waals surface area contributed by atoms with Crippen LogP contribution in [0.4, 0.5) is 0 Å². The van der Waals surface area contributed by atoms with E-state index in [0.29, 0.717) is 13.2 Å². The first-order valence-corrected chi connectivity index (χ1v) is 9.41. The second-order valence-electron chi connectivity index (χ2n) is 6.57. The van der Waals surface area contributed by atoms with Crippen molar-refractivity contribution in [3.63, 3.8) is 0 Å². The highest BCUT2D eigenvalue weighted by atomic mass is 16.5. The van der Waals surface area contributed by atoms with Crippen molar-refractivity contribution < 1.29 is 9.47 Å². The molecule has 0 aliphatic heterocycles. The van der Waals surface area contributed by atoms with Gasteiger partial charge in [0.1, 0.15) is 24.7 Å². The number of benzene rings is 4. The maximum atomic E-state index is 6.19. The van der Waals surface area contributed by atoms with E-state index >= 15 is 0 Å². The highest BCUT2D eigenvalue weighted by molar-refractivity contribution is 5.71. The van der Waals surface area contributed by atoms with Crippen molar-refractivity contribution in [3.8, 4) is 22.6 Å². The lowest BCUT2D eigenvalue weighted by Crippen LogP contribution is -1.99. The van der Waals surface area contributed by atoms with E-state index < -0.39 is 0 Å². The third-order valence-corrected chi connectivity index (χ3v) is 4.52. The molecule has 28 heavy (non-hydrogen) atoms. The summed E-state index contributed by atoms with van der Waals surface area (Å²) in [4.78, 5) is 0. The van der Waals surface area contributed by atoms with E-state index in [9.17, 15) is 0 Å². The summed E-state index contributed by atoms with van der Waals surface area (Å²) in [6.07, 6.45) is 0. The van der Waals surface area contributed by atoms with Crippen LogP contribution < -0.4 is 9.47 Å². The molecule has 4 aromatic rings. The number of ether oxygens (including phenoxy) is 2. The predicted molar refractivity (Wildman–Crippen MR) is 113 cm³/mol. The molecule has 0 unspecified atom stereocenters. The molecule has 0 spiro atoms. The third kappa shape index (κ3) is 4.60. The van der Waals surface area contributed by atoms with Crippen LogP contribution in [0.3, 0.4) is 0 Å². The molecule has 0 saturated heterocycles. The summed E-state index contributed by atoms with van der Waals surface area (Å²) >= 11 is 0. The second-order valence-corrected chi connectivity index (χ2v) is 6.57. The molecule has 4 aromatic carbocycles. The smallest absolute Gasteiger partial charge is 0.131 e. The third-order valence-electron chi connectivity index (χ3n) is 4.52. The molecular weight excluding hydrogens is 344 g/mol. The van der Waals surface area contributed by atoms with E-state index in [-0.39, 0.29) is 0 Å². The molecule has 4 rings (SSSR count). The zero-order valence-corrected chi connectivity index (χ0v) is 15.6. The van der Waals surface area contributed by atoms with Gasteiger partial charge in [-0.25, -0.2) is 0 Å². The summed E-state index contributed by atoms with van der Waals surface area (Å²) in [6.45, 7) is 1.05. The number of hydrogen-bond donors (Lipinski definition) is 0. The monoisotopic (exact) mass is 366 g/mol. The minimum Gasteiger partial charge on any atom is -0.489 e. The van der Waals surface area contributed by atoms with E-state index in [2.05, 4.69) is 42.5 Å². The molecule has 138 valence electrons. The van der Waals surface area contributed by atoms with E-state index in [1.165, 1.54) is 0 Å². The summed E-state index contributed by atoms with van der Waals surface area (Å²) in [6, 6.07) is 36.7. The van der Waals surface area contributed by atoms with Crippen LogP contribution in [0.25, 0.3) is 11.1 Å². The van der Waals surface area contributed by atoms with Gasteiger partial charge < -0.3 is 9.47 Å². The van der Waals surface area contributed by atoms with Crippen molar-refractivity contribution in [2.75, 3.05) is 0 Å². The molecule has 0 aromatic heterocycles. The SMILES string of the molecule is c1ccc(COc2ccc(-c3ccccc3)c(OCc3ccccc3)c2)cc1. The van der Waals surface area contributed by atoms with Crippen molar-refractivity contribution >= 4 is 0 Å². The van der Waals surface area contributed by atoms with Gasteiger partial charge >= 0.3 is 0 Å². The van der Waals surface area contributed by atoms with Crippen LogP contribution in [-0.2, 0) is 13.2 Å². The molecule has 0 aliphatic carbocycles. The van der Waals surface area contributed by atoms with Crippen LogP contribution in [0.5, 0.6) is 11.5 Å². The Labute approximate surface area is 166 Å². The second kappa shape index (κ2) is 8.92. The Morgan fingerprint density at radius 2 is 1.04 bits per heavy atom. The van der Waals surface area contributed by atoms with Gasteiger partial charge in [-0.1, -0.05) is 91.0 Å². The van der Waals surface area contributed by atoms with Crippen LogP contribution >= 0.6 is 0 Å². The average molecular weight is 366 g/mol. The lowest BCUT2D eigenvalue weighted by molar-refractivity contribution is 0.291. The maximum Gasteiger partial charge on any atom is 0.131 e. The first-order valence-electron chi connectivity index (χ1n) is 9.41. The summed E-state index contributed by atoms with van der Waals surface area (Å²) in [5.74, 6) is 1.62. The Kier molecular flexibility index (Phi) is 5.69. The topological polar surface area (TPSA) is 18.5 Å². The van der Waals surface area contributed by atoms with E-state index in [1.54, 1.807) is 0 Å². The van der Waals surface area contributed by atoms with E-state index in [0.717, 1.165) is 33.8 Å². The summed E-state index contributed by atoms with van der Waals surface area (Å²) in [5.41, 5.74) is 4.46. The summed E-state index contributed by atoms with van der Waals surface area (Å²) in [7, 11) is 0. The maximum absolute atomic E-state index is 6.19. The Morgan fingerprint density at radius 3 is 1.64 bits per heavy atom. The molecule has 0 amide bonds. The van der Waals surface area contributed by atoms with Gasteiger partial charge in [0, 0.05) is 11.6 Å². The summed E-state index contributed by atoms with van der Waals surface area (Å²) < 4.78 is 12.2. The number of hydrogen-bond acceptors (Lipinski definition) is 2. The molecule has 0 aliphatic rings. The molecule has 0 bridgehead atoms. The Hall–Kier alpha value is -3.52. The zero-order valence-electron chi connectivity index (χ0n) is 15.6. The van der Waals surface area contributed by atoms with Gasteiger partial charge in [0.15, 0.2) is 0 Å². The predicted octanol–water partition coefficient (Wildman–Crippen LogP) is 6.51. The van der Waals surface area contributed by atoms with E-state index in [1.807, 2.05) is 66.7 Å². The molecule has 0 saturated carbocycles. The van der Waals surface area contributed by atoms with Crippen LogP contribution in [0.2, 0.25) is 0 Å². The number of rotatable bonds is 7. The summed E-state index contributed by atoms with van der Waals surface area (Å²) in [5, 5.41) is 0. The minimum atomic E-state index is 0.517. The molecule has 0 heterocycles. The molecule has 0 radical (unpaired) electrons. The van der Waals surface area contributed by atoms with Crippen LogP contribution in [0, 0.1) is 0 Å². The highest BCUT2D eigenvalue weighted by Gasteiger charge is 2.09. The van der Waals surface area contributed by atoms with Gasteiger partial charge in [0.25, 0.3) is 0 Å². The van der Waals surface area contributed by atoms with Crippen molar-refractivity contribution in [2.24, 2.45) is 0 Å². The Bertz CT molecular complexity index is 996. The Balaban J connectivity index is 1.57. The lowest BCUT2D eigenvalue weighted by Gasteiger charge is -2.14. The largest absolute Gasteiger partial charge is 0.489 e. The molecule has 0 fully saturated rings. The van der Waals surface area contributed by atoms with Crippen molar-refractivity contribution in [1.82, 2.24) is 0 Å². The fourth-order valence-corrected chi connectivity index (χ4v) is 3.04. The Morgan fingerprint density at radius 1 is 0.500 bits per heavy atom. The van der Waals surface area contributed by atoms with Crippen molar-refractivity contribution in [2.45, 2.75) is 13.2 Å². The van der Waals surface area contributed by atoms with Gasteiger partial charge in [0.05, 0.1) is 0 Å². The van der Waals surface area contributed by atoms with Crippen LogP contribution in [0.1, 0.15) is 11.1 Å². The van der Waals surface area contributed by atoms with Crippen LogP contribution in [-0.4, -0.2) is 0 Å². The molecule has 2 nitrogen and oxygen atoms in total. The first kappa shape index (κ1) is 17.9. The molecular formula is C26H22O2. The van der Waals surface area contributed by atoms with Gasteiger partial charge in [-0.2, -0.15) is 0 Å². The highest BCUT2D eigenvalue weighted by Crippen LogP contribution is 2.34. The van der Waals surface area contributed by atoms with Crippen LogP contribution in [0.15, 0.2) is 109 Å². The first-order chi connectivity index (χ1) is 13.9. The van der Waals surface area contributed by atoms with Gasteiger partial charge in [-0.3, -0.25) is 0 Å². The lowest BCUT2D eigenvalue weighted by atomic mass is 10.0. The van der Waals surface area contributed by atoms with Crippen molar-refractivity contribution in [1.29, 1.82) is 0 Å². The van der Waals surface area contributed by atoms with Crippen molar-refractivity contribution in [3.05, 3.63) is 120 Å². The zero-order chi connectivity index (χ0) is 19.0.